The van der Waals surface area contributed by atoms with Crippen LogP contribution in [0.2, 0.25) is 0 Å². The largest absolute Gasteiger partial charge is 0.422 e. The zero-order valence-electron chi connectivity index (χ0n) is 13.2. The number of rotatable bonds is 5. The van der Waals surface area contributed by atoms with Crippen molar-refractivity contribution in [2.24, 2.45) is 7.05 Å². The lowest BCUT2D eigenvalue weighted by Gasteiger charge is -2.12. The van der Waals surface area contributed by atoms with E-state index in [9.17, 15) is 14.7 Å². The van der Waals surface area contributed by atoms with Crippen molar-refractivity contribution in [3.8, 4) is 0 Å². The van der Waals surface area contributed by atoms with Gasteiger partial charge in [0.15, 0.2) is 0 Å². The minimum Gasteiger partial charge on any atom is -0.422 e. The molecule has 0 fully saturated rings. The molecule has 124 valence electrons. The van der Waals surface area contributed by atoms with Gasteiger partial charge in [0.2, 0.25) is 0 Å². The second-order valence-electron chi connectivity index (χ2n) is 5.59. The molecule has 1 amide bonds. The highest BCUT2D eigenvalue weighted by atomic mass is 16.4. The van der Waals surface area contributed by atoms with Crippen LogP contribution in [0.4, 0.5) is 0 Å². The van der Waals surface area contributed by atoms with Crippen molar-refractivity contribution in [3.63, 3.8) is 0 Å². The van der Waals surface area contributed by atoms with E-state index < -0.39 is 17.6 Å². The molecule has 0 bridgehead atoms. The lowest BCUT2D eigenvalue weighted by molar-refractivity contribution is 0.0938. The predicted molar refractivity (Wildman–Crippen MR) is 89.8 cm³/mol. The molecule has 6 nitrogen and oxygen atoms in total. The van der Waals surface area contributed by atoms with Crippen LogP contribution in [0.3, 0.4) is 0 Å². The molecule has 0 saturated heterocycles. The first-order valence-corrected chi connectivity index (χ1v) is 7.66. The highest BCUT2D eigenvalue weighted by Crippen LogP contribution is 2.16. The monoisotopic (exact) mass is 326 g/mol. The average molecular weight is 326 g/mol. The third-order valence-corrected chi connectivity index (χ3v) is 3.91. The molecule has 24 heavy (non-hydrogen) atoms. The Kier molecular flexibility index (Phi) is 4.48. The van der Waals surface area contributed by atoms with E-state index in [4.69, 9.17) is 4.42 Å². The number of fused-ring (bicyclic) bond motifs is 1. The fraction of sp³-hybridized carbons (Fsp3) is 0.222. The maximum absolute atomic E-state index is 12.2. The minimum absolute atomic E-state index is 0.0398. The summed E-state index contributed by atoms with van der Waals surface area (Å²) in [6, 6.07) is 12.2. The second kappa shape index (κ2) is 6.72. The summed E-state index contributed by atoms with van der Waals surface area (Å²) in [6.07, 6.45) is 1.51. The Labute approximate surface area is 138 Å². The number of hydrogen-bond donors (Lipinski definition) is 2. The first-order valence-electron chi connectivity index (χ1n) is 7.66. The van der Waals surface area contributed by atoms with Crippen LogP contribution in [0.5, 0.6) is 0 Å². The Balaban J connectivity index is 1.66. The van der Waals surface area contributed by atoms with E-state index in [1.54, 1.807) is 24.3 Å². The van der Waals surface area contributed by atoms with Gasteiger partial charge in [0.1, 0.15) is 11.1 Å². The van der Waals surface area contributed by atoms with Crippen LogP contribution in [0.25, 0.3) is 11.0 Å². The lowest BCUT2D eigenvalue weighted by atomic mass is 10.1. The molecule has 0 radical (unpaired) electrons. The minimum atomic E-state index is -0.682. The van der Waals surface area contributed by atoms with Crippen LogP contribution >= 0.6 is 0 Å². The summed E-state index contributed by atoms with van der Waals surface area (Å²) in [5.41, 5.74) is 0.504. The summed E-state index contributed by atoms with van der Waals surface area (Å²) in [5, 5.41) is 13.5. The van der Waals surface area contributed by atoms with Crippen LogP contribution < -0.4 is 10.9 Å². The Hall–Kier alpha value is -2.86. The fourth-order valence-corrected chi connectivity index (χ4v) is 2.61. The van der Waals surface area contributed by atoms with Gasteiger partial charge in [-0.05, 0) is 30.7 Å². The molecule has 3 rings (SSSR count). The van der Waals surface area contributed by atoms with Gasteiger partial charge in [-0.1, -0.05) is 18.2 Å². The molecular formula is C18H18N2O4. The molecular weight excluding hydrogens is 308 g/mol. The number of amides is 1. The van der Waals surface area contributed by atoms with Gasteiger partial charge in [-0.3, -0.25) is 4.79 Å². The highest BCUT2D eigenvalue weighted by molar-refractivity contribution is 5.96. The van der Waals surface area contributed by atoms with E-state index in [0.717, 1.165) is 5.69 Å². The summed E-state index contributed by atoms with van der Waals surface area (Å²) in [6.45, 7) is 0.247. The quantitative estimate of drug-likeness (QED) is 0.702. The van der Waals surface area contributed by atoms with Crippen molar-refractivity contribution in [1.29, 1.82) is 0 Å². The zero-order chi connectivity index (χ0) is 17.1. The van der Waals surface area contributed by atoms with Gasteiger partial charge >= 0.3 is 5.63 Å². The van der Waals surface area contributed by atoms with Crippen LogP contribution in [0.1, 0.15) is 28.6 Å². The number of benzene rings is 1. The van der Waals surface area contributed by atoms with E-state index in [1.165, 1.54) is 6.07 Å². The van der Waals surface area contributed by atoms with Crippen molar-refractivity contribution in [3.05, 3.63) is 70.3 Å². The summed E-state index contributed by atoms with van der Waals surface area (Å²) in [4.78, 5) is 24.1. The Morgan fingerprint density at radius 1 is 1.29 bits per heavy atom. The molecule has 0 aliphatic heterocycles. The molecule has 2 N–H and O–H groups in total. The van der Waals surface area contributed by atoms with Crippen molar-refractivity contribution in [2.75, 3.05) is 6.54 Å². The summed E-state index contributed by atoms with van der Waals surface area (Å²) >= 11 is 0. The highest BCUT2D eigenvalue weighted by Gasteiger charge is 2.15. The third kappa shape index (κ3) is 3.23. The molecule has 0 aliphatic rings. The zero-order valence-corrected chi connectivity index (χ0v) is 13.2. The number of aryl methyl sites for hydroxylation is 1. The first kappa shape index (κ1) is 16.0. The molecule has 3 aromatic rings. The van der Waals surface area contributed by atoms with E-state index in [0.29, 0.717) is 17.4 Å². The van der Waals surface area contributed by atoms with Crippen molar-refractivity contribution in [1.82, 2.24) is 9.88 Å². The van der Waals surface area contributed by atoms with Crippen LogP contribution in [0.15, 0.2) is 57.9 Å². The molecule has 1 atom stereocenters. The SMILES string of the molecule is Cn1cccc1C(O)CCNC(=O)c1cc2ccccc2oc1=O. The molecule has 6 heteroatoms. The number of nitrogens with zero attached hydrogens (tertiary/aromatic N) is 1. The van der Waals surface area contributed by atoms with Gasteiger partial charge in [-0.15, -0.1) is 0 Å². The molecule has 0 spiro atoms. The molecule has 0 aliphatic carbocycles. The van der Waals surface area contributed by atoms with Crippen molar-refractivity contribution in [2.45, 2.75) is 12.5 Å². The maximum atomic E-state index is 12.2. The summed E-state index contributed by atoms with van der Waals surface area (Å²) < 4.78 is 6.97. The lowest BCUT2D eigenvalue weighted by Crippen LogP contribution is -2.29. The smallest absolute Gasteiger partial charge is 0.349 e. The van der Waals surface area contributed by atoms with Gasteiger partial charge in [-0.2, -0.15) is 0 Å². The van der Waals surface area contributed by atoms with Gasteiger partial charge in [-0.25, -0.2) is 4.79 Å². The van der Waals surface area contributed by atoms with Gasteiger partial charge in [0.25, 0.3) is 5.91 Å². The third-order valence-electron chi connectivity index (χ3n) is 3.91. The van der Waals surface area contributed by atoms with E-state index in [1.807, 2.05) is 29.9 Å². The van der Waals surface area contributed by atoms with Gasteiger partial charge in [0, 0.05) is 30.9 Å². The molecule has 2 aromatic heterocycles. The fourth-order valence-electron chi connectivity index (χ4n) is 2.61. The second-order valence-corrected chi connectivity index (χ2v) is 5.59. The Morgan fingerprint density at radius 3 is 2.83 bits per heavy atom. The molecule has 1 unspecified atom stereocenters. The standard InChI is InChI=1S/C18H18N2O4/c1-20-10-4-6-14(20)15(21)8-9-19-17(22)13-11-12-5-2-3-7-16(12)24-18(13)23/h2-7,10-11,15,21H,8-9H2,1H3,(H,19,22). The van der Waals surface area contributed by atoms with Crippen molar-refractivity contribution >= 4 is 16.9 Å². The molecule has 1 aromatic carbocycles. The number of nitrogens with one attached hydrogen (secondary N) is 1. The molecule has 0 saturated carbocycles. The number of aromatic nitrogens is 1. The first-order chi connectivity index (χ1) is 11.6. The summed E-state index contributed by atoms with van der Waals surface area (Å²) in [5.74, 6) is -0.506. The van der Waals surface area contributed by atoms with Gasteiger partial charge < -0.3 is 19.4 Å². The summed E-state index contributed by atoms with van der Waals surface area (Å²) in [7, 11) is 1.84. The Bertz CT molecular complexity index is 926. The number of aliphatic hydroxyl groups excluding tert-OH is 1. The number of para-hydroxylation sites is 1. The van der Waals surface area contributed by atoms with Crippen molar-refractivity contribution < 1.29 is 14.3 Å². The van der Waals surface area contributed by atoms with Crippen LogP contribution in [-0.4, -0.2) is 22.1 Å². The Morgan fingerprint density at radius 2 is 2.08 bits per heavy atom. The van der Waals surface area contributed by atoms with Crippen LogP contribution in [-0.2, 0) is 7.05 Å². The number of aliphatic hydroxyl groups is 1. The van der Waals surface area contributed by atoms with Gasteiger partial charge in [0.05, 0.1) is 6.10 Å². The number of carbonyl (C=O) groups excluding carboxylic acids is 1. The number of hydrogen-bond acceptors (Lipinski definition) is 4. The van der Waals surface area contributed by atoms with E-state index in [-0.39, 0.29) is 12.1 Å². The molecule has 2 heterocycles. The topological polar surface area (TPSA) is 84.5 Å². The normalized spacial score (nSPS) is 12.2. The van der Waals surface area contributed by atoms with E-state index >= 15 is 0 Å². The van der Waals surface area contributed by atoms with E-state index in [2.05, 4.69) is 5.32 Å². The maximum Gasteiger partial charge on any atom is 0.349 e. The number of carbonyl (C=O) groups is 1. The average Bonchev–Trinajstić information content (AvgIpc) is 3.00. The van der Waals surface area contributed by atoms with Crippen LogP contribution in [0, 0.1) is 0 Å². The predicted octanol–water partition coefficient (Wildman–Crippen LogP) is 1.98.